The lowest BCUT2D eigenvalue weighted by molar-refractivity contribution is 0.181. The maximum absolute atomic E-state index is 10.6. The summed E-state index contributed by atoms with van der Waals surface area (Å²) in [5.74, 6) is 0.879. The van der Waals surface area contributed by atoms with Gasteiger partial charge in [0, 0.05) is 19.7 Å². The zero-order valence-electron chi connectivity index (χ0n) is 14.6. The predicted molar refractivity (Wildman–Crippen MR) is 96.5 cm³/mol. The van der Waals surface area contributed by atoms with Gasteiger partial charge in [-0.05, 0) is 11.6 Å². The fraction of sp³-hybridized carbons (Fsp3) is 0.316. The van der Waals surface area contributed by atoms with Crippen LogP contribution < -0.4 is 4.90 Å². The molecule has 3 aromatic rings. The Morgan fingerprint density at radius 2 is 2.00 bits per heavy atom. The second-order valence-corrected chi connectivity index (χ2v) is 6.32. The third kappa shape index (κ3) is 3.31. The quantitative estimate of drug-likeness (QED) is 0.757. The molecule has 0 fully saturated rings. The van der Waals surface area contributed by atoms with E-state index in [0.717, 1.165) is 35.9 Å². The van der Waals surface area contributed by atoms with E-state index in [1.807, 2.05) is 47.1 Å². The number of methoxy groups -OCH3 is 1. The largest absolute Gasteiger partial charge is 0.382 e. The van der Waals surface area contributed by atoms with Gasteiger partial charge in [-0.15, -0.1) is 0 Å². The van der Waals surface area contributed by atoms with Gasteiger partial charge in [-0.3, -0.25) is 4.68 Å². The number of hydrogen-bond acceptors (Lipinski definition) is 6. The highest BCUT2D eigenvalue weighted by molar-refractivity contribution is 5.40. The van der Waals surface area contributed by atoms with E-state index in [-0.39, 0.29) is 0 Å². The normalized spacial score (nSPS) is 14.9. The molecule has 1 aliphatic heterocycles. The molecule has 1 N–H and O–H groups in total. The molecule has 7 heteroatoms. The minimum atomic E-state index is -0.713. The molecular weight excluding hydrogens is 330 g/mol. The number of fused-ring (bicyclic) bond motifs is 1. The van der Waals surface area contributed by atoms with Crippen LogP contribution >= 0.6 is 0 Å². The Balaban J connectivity index is 1.54. The summed E-state index contributed by atoms with van der Waals surface area (Å²) in [4.78, 5) is 10.8. The molecule has 0 amide bonds. The number of anilines is 1. The second-order valence-electron chi connectivity index (χ2n) is 6.32. The van der Waals surface area contributed by atoms with Crippen molar-refractivity contribution in [2.24, 2.45) is 0 Å². The Morgan fingerprint density at radius 3 is 2.81 bits per heavy atom. The van der Waals surface area contributed by atoms with Crippen molar-refractivity contribution in [3.8, 4) is 0 Å². The van der Waals surface area contributed by atoms with Crippen LogP contribution in [0.5, 0.6) is 0 Å². The number of nitrogens with zero attached hydrogens (tertiary/aromatic N) is 5. The third-order valence-corrected chi connectivity index (χ3v) is 4.54. The number of ether oxygens (including phenoxy) is 1. The third-order valence-electron chi connectivity index (χ3n) is 4.54. The van der Waals surface area contributed by atoms with Gasteiger partial charge < -0.3 is 14.7 Å². The van der Waals surface area contributed by atoms with E-state index in [0.29, 0.717) is 18.8 Å². The molecule has 1 atom stereocenters. The van der Waals surface area contributed by atoms with Crippen LogP contribution in [0.15, 0.2) is 48.8 Å². The van der Waals surface area contributed by atoms with E-state index in [1.54, 1.807) is 13.4 Å². The average molecular weight is 351 g/mol. The van der Waals surface area contributed by atoms with Gasteiger partial charge in [-0.2, -0.15) is 5.10 Å². The van der Waals surface area contributed by atoms with Crippen molar-refractivity contribution in [1.29, 1.82) is 0 Å². The zero-order valence-corrected chi connectivity index (χ0v) is 14.6. The predicted octanol–water partition coefficient (Wildman–Crippen LogP) is 1.92. The fourth-order valence-corrected chi connectivity index (χ4v) is 3.21. The van der Waals surface area contributed by atoms with Crippen LogP contribution in [0.1, 0.15) is 28.7 Å². The Bertz CT molecular complexity index is 881. The molecule has 0 aliphatic carbocycles. The first-order valence-corrected chi connectivity index (χ1v) is 8.59. The Kier molecular flexibility index (Phi) is 4.64. The van der Waals surface area contributed by atoms with E-state index < -0.39 is 6.10 Å². The highest BCUT2D eigenvalue weighted by atomic mass is 16.5. The lowest BCUT2D eigenvalue weighted by Crippen LogP contribution is -2.34. The molecule has 7 nitrogen and oxygen atoms in total. The maximum atomic E-state index is 10.6. The topological polar surface area (TPSA) is 76.3 Å². The number of benzene rings is 1. The molecule has 0 saturated heterocycles. The first kappa shape index (κ1) is 16.7. The van der Waals surface area contributed by atoms with Gasteiger partial charge in [-0.25, -0.2) is 9.97 Å². The number of aromatic nitrogens is 4. The monoisotopic (exact) mass is 351 g/mol. The summed E-state index contributed by atoms with van der Waals surface area (Å²) in [5, 5.41) is 15.2. The zero-order chi connectivity index (χ0) is 17.9. The fourth-order valence-electron chi connectivity index (χ4n) is 3.21. The van der Waals surface area contributed by atoms with Crippen LogP contribution in [-0.2, 0) is 24.4 Å². The molecule has 2 aromatic heterocycles. The second kappa shape index (κ2) is 7.23. The summed E-state index contributed by atoms with van der Waals surface area (Å²) in [6.07, 6.45) is 0.857. The van der Waals surface area contributed by atoms with Gasteiger partial charge in [0.2, 0.25) is 0 Å². The van der Waals surface area contributed by atoms with E-state index in [9.17, 15) is 5.11 Å². The Labute approximate surface area is 151 Å². The maximum Gasteiger partial charge on any atom is 0.132 e. The summed E-state index contributed by atoms with van der Waals surface area (Å²) in [5.41, 5.74) is 3.44. The van der Waals surface area contributed by atoms with Crippen LogP contribution in [-0.4, -0.2) is 38.5 Å². The first-order chi connectivity index (χ1) is 12.7. The van der Waals surface area contributed by atoms with E-state index in [4.69, 9.17) is 4.74 Å². The number of aliphatic hydroxyl groups excluding tert-OH is 1. The van der Waals surface area contributed by atoms with Crippen molar-refractivity contribution in [3.63, 3.8) is 0 Å². The van der Waals surface area contributed by atoms with Gasteiger partial charge in [-0.1, -0.05) is 30.3 Å². The van der Waals surface area contributed by atoms with E-state index in [2.05, 4.69) is 20.0 Å². The van der Waals surface area contributed by atoms with Crippen LogP contribution in [0.2, 0.25) is 0 Å². The number of rotatable bonds is 5. The molecule has 3 heterocycles. The van der Waals surface area contributed by atoms with Crippen molar-refractivity contribution >= 4 is 5.82 Å². The molecular formula is C19H21N5O2. The smallest absolute Gasteiger partial charge is 0.132 e. The molecule has 1 unspecified atom stereocenters. The van der Waals surface area contributed by atoms with Gasteiger partial charge in [0.1, 0.15) is 18.2 Å². The lowest BCUT2D eigenvalue weighted by atomic mass is 10.1. The molecule has 1 aromatic carbocycles. The van der Waals surface area contributed by atoms with Crippen molar-refractivity contribution in [1.82, 2.24) is 19.7 Å². The van der Waals surface area contributed by atoms with Crippen molar-refractivity contribution in [3.05, 3.63) is 71.4 Å². The molecule has 0 saturated carbocycles. The van der Waals surface area contributed by atoms with Crippen molar-refractivity contribution in [2.75, 3.05) is 18.6 Å². The minimum absolute atomic E-state index is 0.467. The van der Waals surface area contributed by atoms with Crippen LogP contribution in [0.3, 0.4) is 0 Å². The molecule has 0 bridgehead atoms. The van der Waals surface area contributed by atoms with E-state index >= 15 is 0 Å². The molecule has 134 valence electrons. The van der Waals surface area contributed by atoms with Crippen molar-refractivity contribution < 1.29 is 9.84 Å². The summed E-state index contributed by atoms with van der Waals surface area (Å²) in [6, 6.07) is 13.5. The van der Waals surface area contributed by atoms with Gasteiger partial charge in [0.15, 0.2) is 0 Å². The van der Waals surface area contributed by atoms with Crippen molar-refractivity contribution in [2.45, 2.75) is 25.8 Å². The molecule has 4 rings (SSSR count). The van der Waals surface area contributed by atoms with E-state index in [1.165, 1.54) is 0 Å². The summed E-state index contributed by atoms with van der Waals surface area (Å²) in [7, 11) is 1.65. The highest BCUT2D eigenvalue weighted by Crippen LogP contribution is 2.25. The Hall–Kier alpha value is -2.77. The summed E-state index contributed by atoms with van der Waals surface area (Å²) in [6.45, 7) is 2.71. The first-order valence-electron chi connectivity index (χ1n) is 8.59. The molecule has 26 heavy (non-hydrogen) atoms. The molecule has 1 aliphatic rings. The van der Waals surface area contributed by atoms with Gasteiger partial charge in [0.25, 0.3) is 0 Å². The lowest BCUT2D eigenvalue weighted by Gasteiger charge is -2.28. The number of hydrogen-bond donors (Lipinski definition) is 1. The highest BCUT2D eigenvalue weighted by Gasteiger charge is 2.22. The SMILES string of the molecule is COCc1cc(N2CCn3nc(C(O)c4ccccc4)cc3C2)ncn1. The standard InChI is InChI=1S/C19H21N5O2/c1-26-12-15-9-18(21-13-20-15)23-7-8-24-16(11-23)10-17(22-24)19(25)14-5-3-2-4-6-14/h2-6,9-10,13,19,25H,7-8,11-12H2,1H3. The van der Waals surface area contributed by atoms with Crippen LogP contribution in [0, 0.1) is 0 Å². The summed E-state index contributed by atoms with van der Waals surface area (Å²) < 4.78 is 7.12. The molecule has 0 radical (unpaired) electrons. The summed E-state index contributed by atoms with van der Waals surface area (Å²) >= 11 is 0. The van der Waals surface area contributed by atoms with Crippen LogP contribution in [0.25, 0.3) is 0 Å². The van der Waals surface area contributed by atoms with Gasteiger partial charge in [0.05, 0.1) is 36.8 Å². The average Bonchev–Trinajstić information content (AvgIpc) is 3.12. The number of aliphatic hydroxyl groups is 1. The Morgan fingerprint density at radius 1 is 1.15 bits per heavy atom. The molecule has 0 spiro atoms. The minimum Gasteiger partial charge on any atom is -0.382 e. The van der Waals surface area contributed by atoms with Gasteiger partial charge >= 0.3 is 0 Å². The van der Waals surface area contributed by atoms with Crippen LogP contribution in [0.4, 0.5) is 5.82 Å².